The summed E-state index contributed by atoms with van der Waals surface area (Å²) in [5.74, 6) is 0. The Bertz CT molecular complexity index is 606. The first kappa shape index (κ1) is 11.0. The molecule has 1 aliphatic carbocycles. The molecule has 0 saturated carbocycles. The average molecular weight is 234 g/mol. The van der Waals surface area contributed by atoms with Crippen LogP contribution >= 0.6 is 0 Å². The van der Waals surface area contributed by atoms with Crippen molar-refractivity contribution in [2.75, 3.05) is 0 Å². The summed E-state index contributed by atoms with van der Waals surface area (Å²) in [6.45, 7) is 0. The molecule has 0 atom stereocenters. The lowest BCUT2D eigenvalue weighted by Gasteiger charge is -2.18. The molecule has 0 spiro atoms. The highest BCUT2D eigenvalue weighted by Crippen LogP contribution is 2.31. The molecule has 0 unspecified atom stereocenters. The van der Waals surface area contributed by atoms with Crippen molar-refractivity contribution in [3.8, 4) is 0 Å². The van der Waals surface area contributed by atoms with Gasteiger partial charge in [0.2, 0.25) is 0 Å². The summed E-state index contributed by atoms with van der Waals surface area (Å²) in [7, 11) is 0. The van der Waals surface area contributed by atoms with Gasteiger partial charge in [-0.2, -0.15) is 0 Å². The van der Waals surface area contributed by atoms with E-state index in [1.807, 2.05) is 24.3 Å². The van der Waals surface area contributed by atoms with E-state index in [1.54, 1.807) is 0 Å². The van der Waals surface area contributed by atoms with Gasteiger partial charge in [0.15, 0.2) is 0 Å². The highest BCUT2D eigenvalue weighted by atomic mass is 16.1. The van der Waals surface area contributed by atoms with E-state index in [2.05, 4.69) is 30.3 Å². The second-order valence-electron chi connectivity index (χ2n) is 4.55. The summed E-state index contributed by atoms with van der Waals surface area (Å²) in [6, 6.07) is 16.3. The Hall–Kier alpha value is -2.15. The molecule has 1 heteroatoms. The van der Waals surface area contributed by atoms with Gasteiger partial charge >= 0.3 is 0 Å². The van der Waals surface area contributed by atoms with Gasteiger partial charge in [0.1, 0.15) is 6.29 Å². The van der Waals surface area contributed by atoms with Crippen molar-refractivity contribution in [1.82, 2.24) is 0 Å². The predicted octanol–water partition coefficient (Wildman–Crippen LogP) is 3.88. The zero-order valence-electron chi connectivity index (χ0n) is 10.1. The van der Waals surface area contributed by atoms with E-state index in [9.17, 15) is 4.79 Å². The highest BCUT2D eigenvalue weighted by Gasteiger charge is 2.13. The largest absolute Gasteiger partial charge is 0.298 e. The summed E-state index contributed by atoms with van der Waals surface area (Å²) in [6.07, 6.45) is 5.37. The van der Waals surface area contributed by atoms with Gasteiger partial charge in [-0.1, -0.05) is 54.6 Å². The van der Waals surface area contributed by atoms with E-state index in [4.69, 9.17) is 0 Å². The fraction of sp³-hybridized carbons (Fsp3) is 0.118. The molecule has 3 rings (SSSR count). The number of fused-ring (bicyclic) bond motifs is 1. The standard InChI is InChI=1S/C17H14O/c18-12-13-8-10-15(11-9-13)17-7-3-5-14-4-1-2-6-16(14)17/h1-2,4,6-12H,3,5H2. The van der Waals surface area contributed by atoms with Gasteiger partial charge < -0.3 is 0 Å². The van der Waals surface area contributed by atoms with Crippen molar-refractivity contribution in [2.45, 2.75) is 12.8 Å². The van der Waals surface area contributed by atoms with Gasteiger partial charge in [-0.15, -0.1) is 0 Å². The minimum absolute atomic E-state index is 0.725. The average Bonchev–Trinajstić information content (AvgIpc) is 2.47. The third-order valence-corrected chi connectivity index (χ3v) is 3.43. The van der Waals surface area contributed by atoms with Gasteiger partial charge in [0.05, 0.1) is 0 Å². The second kappa shape index (κ2) is 4.61. The van der Waals surface area contributed by atoms with Gasteiger partial charge in [-0.3, -0.25) is 4.79 Å². The molecule has 2 aromatic carbocycles. The van der Waals surface area contributed by atoms with Gasteiger partial charge in [0.25, 0.3) is 0 Å². The maximum Gasteiger partial charge on any atom is 0.150 e. The predicted molar refractivity (Wildman–Crippen MR) is 73.7 cm³/mol. The summed E-state index contributed by atoms with van der Waals surface area (Å²) >= 11 is 0. The molecular formula is C17H14O. The lowest BCUT2D eigenvalue weighted by Crippen LogP contribution is -2.00. The lowest BCUT2D eigenvalue weighted by atomic mass is 9.87. The molecule has 88 valence electrons. The van der Waals surface area contributed by atoms with Crippen molar-refractivity contribution < 1.29 is 4.79 Å². The highest BCUT2D eigenvalue weighted by molar-refractivity contribution is 5.84. The first-order valence-electron chi connectivity index (χ1n) is 6.22. The number of aryl methyl sites for hydroxylation is 1. The van der Waals surface area contributed by atoms with Crippen LogP contribution in [0.25, 0.3) is 5.57 Å². The molecule has 0 aliphatic heterocycles. The molecule has 0 amide bonds. The van der Waals surface area contributed by atoms with Crippen LogP contribution in [0.4, 0.5) is 0 Å². The number of carbonyl (C=O) groups is 1. The van der Waals surface area contributed by atoms with Crippen LogP contribution in [0.15, 0.2) is 54.6 Å². The summed E-state index contributed by atoms with van der Waals surface area (Å²) in [4.78, 5) is 10.7. The fourth-order valence-electron chi connectivity index (χ4n) is 2.50. The number of carbonyl (C=O) groups excluding carboxylic acids is 1. The molecule has 0 saturated heterocycles. The Balaban J connectivity index is 2.06. The Morgan fingerprint density at radius 1 is 0.944 bits per heavy atom. The summed E-state index contributed by atoms with van der Waals surface area (Å²) in [5, 5.41) is 0. The van der Waals surface area contributed by atoms with E-state index in [-0.39, 0.29) is 0 Å². The van der Waals surface area contributed by atoms with Crippen LogP contribution in [-0.2, 0) is 6.42 Å². The van der Waals surface area contributed by atoms with Gasteiger partial charge in [0, 0.05) is 5.56 Å². The molecule has 2 aromatic rings. The molecule has 0 aromatic heterocycles. The van der Waals surface area contributed by atoms with Crippen molar-refractivity contribution in [3.63, 3.8) is 0 Å². The number of allylic oxidation sites excluding steroid dienone is 1. The van der Waals surface area contributed by atoms with Gasteiger partial charge in [-0.05, 0) is 35.1 Å². The molecular weight excluding hydrogens is 220 g/mol. The SMILES string of the molecule is O=Cc1ccc(C2=CCCc3ccccc32)cc1. The zero-order valence-corrected chi connectivity index (χ0v) is 10.1. The summed E-state index contributed by atoms with van der Waals surface area (Å²) in [5.41, 5.74) is 5.93. The van der Waals surface area contributed by atoms with E-state index in [0.29, 0.717) is 0 Å². The Labute approximate surface area is 107 Å². The number of rotatable bonds is 2. The molecule has 18 heavy (non-hydrogen) atoms. The second-order valence-corrected chi connectivity index (χ2v) is 4.55. The quantitative estimate of drug-likeness (QED) is 0.721. The molecule has 0 radical (unpaired) electrons. The lowest BCUT2D eigenvalue weighted by molar-refractivity contribution is 0.112. The minimum Gasteiger partial charge on any atom is -0.298 e. The van der Waals surface area contributed by atoms with Crippen molar-refractivity contribution in [3.05, 3.63) is 76.9 Å². The molecule has 0 fully saturated rings. The van der Waals surface area contributed by atoms with E-state index >= 15 is 0 Å². The smallest absolute Gasteiger partial charge is 0.150 e. The van der Waals surface area contributed by atoms with Crippen molar-refractivity contribution >= 4 is 11.9 Å². The zero-order chi connectivity index (χ0) is 12.4. The van der Waals surface area contributed by atoms with Crippen LogP contribution in [0.1, 0.15) is 33.5 Å². The van der Waals surface area contributed by atoms with E-state index in [0.717, 1.165) is 24.7 Å². The maximum atomic E-state index is 10.7. The number of benzene rings is 2. The topological polar surface area (TPSA) is 17.1 Å². The van der Waals surface area contributed by atoms with E-state index in [1.165, 1.54) is 22.3 Å². The number of hydrogen-bond donors (Lipinski definition) is 0. The Kier molecular flexibility index (Phi) is 2.81. The molecule has 1 aliphatic rings. The molecule has 0 N–H and O–H groups in total. The summed E-state index contributed by atoms with van der Waals surface area (Å²) < 4.78 is 0. The maximum absolute atomic E-state index is 10.7. The first-order valence-corrected chi connectivity index (χ1v) is 6.22. The monoisotopic (exact) mass is 234 g/mol. The number of hydrogen-bond acceptors (Lipinski definition) is 1. The van der Waals surface area contributed by atoms with Crippen LogP contribution in [0.3, 0.4) is 0 Å². The minimum atomic E-state index is 0.725. The molecule has 1 nitrogen and oxygen atoms in total. The van der Waals surface area contributed by atoms with Crippen LogP contribution in [-0.4, -0.2) is 6.29 Å². The van der Waals surface area contributed by atoms with Crippen LogP contribution in [0, 0.1) is 0 Å². The third-order valence-electron chi connectivity index (χ3n) is 3.43. The Morgan fingerprint density at radius 3 is 2.50 bits per heavy atom. The van der Waals surface area contributed by atoms with Crippen LogP contribution in [0.5, 0.6) is 0 Å². The first-order chi connectivity index (χ1) is 8.88. The van der Waals surface area contributed by atoms with Crippen LogP contribution in [0.2, 0.25) is 0 Å². The normalized spacial score (nSPS) is 13.7. The van der Waals surface area contributed by atoms with E-state index < -0.39 is 0 Å². The van der Waals surface area contributed by atoms with Crippen molar-refractivity contribution in [2.24, 2.45) is 0 Å². The molecule has 0 heterocycles. The number of aldehydes is 1. The third kappa shape index (κ3) is 1.88. The van der Waals surface area contributed by atoms with Gasteiger partial charge in [-0.25, -0.2) is 0 Å². The fourth-order valence-corrected chi connectivity index (χ4v) is 2.50. The Morgan fingerprint density at radius 2 is 1.72 bits per heavy atom. The van der Waals surface area contributed by atoms with Crippen LogP contribution < -0.4 is 0 Å². The molecule has 0 bridgehead atoms. The van der Waals surface area contributed by atoms with Crippen molar-refractivity contribution in [1.29, 1.82) is 0 Å².